The summed E-state index contributed by atoms with van der Waals surface area (Å²) in [7, 11) is 1.77. The molecule has 0 fully saturated rings. The van der Waals surface area contributed by atoms with Crippen LogP contribution in [0.1, 0.15) is 22.8 Å². The molecule has 1 aromatic carbocycles. The number of amides is 1. The summed E-state index contributed by atoms with van der Waals surface area (Å²) in [5.74, 6) is 2.07. The number of pyridine rings is 3. The van der Waals surface area contributed by atoms with E-state index in [1.807, 2.05) is 66.6 Å². The highest BCUT2D eigenvalue weighted by molar-refractivity contribution is 6.12. The van der Waals surface area contributed by atoms with Gasteiger partial charge in [0.15, 0.2) is 5.82 Å². The lowest BCUT2D eigenvalue weighted by atomic mass is 10.1. The van der Waals surface area contributed by atoms with Crippen LogP contribution in [0.25, 0.3) is 10.9 Å². The number of anilines is 3. The zero-order valence-electron chi connectivity index (χ0n) is 18.4. The van der Waals surface area contributed by atoms with Gasteiger partial charge in [0.05, 0.1) is 23.4 Å². The number of carbonyl (C=O) groups is 1. The van der Waals surface area contributed by atoms with E-state index in [1.54, 1.807) is 24.3 Å². The molecule has 1 aliphatic heterocycles. The fraction of sp³-hybridized carbons (Fsp3) is 0.200. The van der Waals surface area contributed by atoms with Crippen LogP contribution in [0.5, 0.6) is 5.75 Å². The Kier molecular flexibility index (Phi) is 6.42. The zero-order valence-corrected chi connectivity index (χ0v) is 19.2. The van der Waals surface area contributed by atoms with E-state index >= 15 is 0 Å². The Bertz CT molecular complexity index is 1310. The first-order valence-corrected chi connectivity index (χ1v) is 10.6. The van der Waals surface area contributed by atoms with Gasteiger partial charge in [0.2, 0.25) is 0 Å². The molecule has 0 unspecified atom stereocenters. The molecule has 0 saturated carbocycles. The van der Waals surface area contributed by atoms with E-state index in [0.29, 0.717) is 31.0 Å². The number of rotatable bonds is 5. The highest BCUT2D eigenvalue weighted by atomic mass is 35.5. The summed E-state index contributed by atoms with van der Waals surface area (Å²) in [6.45, 7) is 3.15. The number of para-hydroxylation sites is 1. The molecule has 4 heterocycles. The molecule has 8 heteroatoms. The summed E-state index contributed by atoms with van der Waals surface area (Å²) in [5.41, 5.74) is 3.18. The molecule has 1 amide bonds. The van der Waals surface area contributed by atoms with Gasteiger partial charge in [0.1, 0.15) is 11.6 Å². The number of hydrogen-bond acceptors (Lipinski definition) is 6. The third kappa shape index (κ3) is 4.07. The van der Waals surface area contributed by atoms with Crippen LogP contribution in [0.4, 0.5) is 17.3 Å². The van der Waals surface area contributed by atoms with Gasteiger partial charge in [-0.05, 0) is 48.9 Å². The summed E-state index contributed by atoms with van der Waals surface area (Å²) in [5, 5.41) is 0.982. The van der Waals surface area contributed by atoms with Gasteiger partial charge in [-0.1, -0.05) is 12.1 Å². The molecule has 0 radical (unpaired) electrons. The van der Waals surface area contributed by atoms with Gasteiger partial charge < -0.3 is 14.5 Å². The molecule has 0 bridgehead atoms. The molecule has 7 nitrogen and oxygen atoms in total. The first-order chi connectivity index (χ1) is 15.7. The van der Waals surface area contributed by atoms with Gasteiger partial charge in [0.25, 0.3) is 5.91 Å². The molecule has 3 aromatic heterocycles. The number of nitrogens with zero attached hydrogens (tertiary/aromatic N) is 5. The molecule has 4 aromatic rings. The summed E-state index contributed by atoms with van der Waals surface area (Å²) in [4.78, 5) is 30.4. The minimum atomic E-state index is -0.0967. The largest absolute Gasteiger partial charge is 0.492 e. The van der Waals surface area contributed by atoms with Crippen LogP contribution in [-0.4, -0.2) is 41.1 Å². The smallest absolute Gasteiger partial charge is 0.261 e. The highest BCUT2D eigenvalue weighted by Gasteiger charge is 2.30. The molecule has 0 N–H and O–H groups in total. The monoisotopic (exact) mass is 461 g/mol. The maximum Gasteiger partial charge on any atom is 0.261 e. The van der Waals surface area contributed by atoms with Crippen LogP contribution < -0.4 is 14.5 Å². The Hall–Kier alpha value is -3.71. The lowest BCUT2D eigenvalue weighted by Gasteiger charge is -2.22. The second-order valence-electron chi connectivity index (χ2n) is 7.59. The van der Waals surface area contributed by atoms with E-state index < -0.39 is 0 Å². The Morgan fingerprint density at radius 3 is 2.67 bits per heavy atom. The molecule has 1 aliphatic rings. The van der Waals surface area contributed by atoms with E-state index in [4.69, 9.17) is 4.74 Å². The van der Waals surface area contributed by atoms with Crippen LogP contribution in [0.2, 0.25) is 0 Å². The second kappa shape index (κ2) is 9.42. The number of halogens is 1. The van der Waals surface area contributed by atoms with Crippen molar-refractivity contribution in [3.63, 3.8) is 0 Å². The lowest BCUT2D eigenvalue weighted by molar-refractivity contribution is 0.0994. The van der Waals surface area contributed by atoms with Crippen LogP contribution in [0.15, 0.2) is 67.1 Å². The number of ether oxygens (including phenoxy) is 1. The predicted molar refractivity (Wildman–Crippen MR) is 132 cm³/mol. The fourth-order valence-electron chi connectivity index (χ4n) is 4.03. The SMILES string of the molecule is CCN1c2ncc(CCOc3ccnc4ccccc34)cc2C(=O)N(C)c2cccnc21.Cl. The Morgan fingerprint density at radius 2 is 1.82 bits per heavy atom. The van der Waals surface area contributed by atoms with E-state index in [1.165, 1.54) is 0 Å². The third-order valence-corrected chi connectivity index (χ3v) is 5.67. The van der Waals surface area contributed by atoms with Crippen molar-refractivity contribution in [3.05, 3.63) is 78.2 Å². The fourth-order valence-corrected chi connectivity index (χ4v) is 4.03. The molecule has 0 aliphatic carbocycles. The maximum atomic E-state index is 13.2. The van der Waals surface area contributed by atoms with E-state index in [-0.39, 0.29) is 18.3 Å². The van der Waals surface area contributed by atoms with Crippen molar-refractivity contribution >= 4 is 46.5 Å². The topological polar surface area (TPSA) is 71.5 Å². The predicted octanol–water partition coefficient (Wildman–Crippen LogP) is 4.82. The molecule has 168 valence electrons. The normalized spacial score (nSPS) is 12.6. The van der Waals surface area contributed by atoms with Crippen LogP contribution >= 0.6 is 12.4 Å². The standard InChI is InChI=1S/C25H23N5O2.ClH/c1-3-30-23-19(25(31)29(2)21-9-6-12-27-24(21)30)15-17(16-28-23)11-14-32-22-10-13-26-20-8-5-4-7-18(20)22;/h4-10,12-13,15-16H,3,11,14H2,1-2H3;1H. The molecule has 33 heavy (non-hydrogen) atoms. The van der Waals surface area contributed by atoms with Crippen molar-refractivity contribution in [1.29, 1.82) is 0 Å². The molecule has 5 rings (SSSR count). The van der Waals surface area contributed by atoms with Crippen LogP contribution in [-0.2, 0) is 6.42 Å². The zero-order chi connectivity index (χ0) is 22.1. The molecule has 0 atom stereocenters. The maximum absolute atomic E-state index is 13.2. The van der Waals surface area contributed by atoms with Gasteiger partial charge >= 0.3 is 0 Å². The minimum Gasteiger partial charge on any atom is -0.492 e. The quantitative estimate of drug-likeness (QED) is 0.424. The van der Waals surface area contributed by atoms with Crippen molar-refractivity contribution in [3.8, 4) is 5.75 Å². The molecular weight excluding hydrogens is 438 g/mol. The first kappa shape index (κ1) is 22.5. The van der Waals surface area contributed by atoms with Crippen molar-refractivity contribution < 1.29 is 9.53 Å². The summed E-state index contributed by atoms with van der Waals surface area (Å²) in [6, 6.07) is 15.4. The van der Waals surface area contributed by atoms with Crippen molar-refractivity contribution in [1.82, 2.24) is 15.0 Å². The van der Waals surface area contributed by atoms with Gasteiger partial charge in [0, 0.05) is 44.0 Å². The summed E-state index contributed by atoms with van der Waals surface area (Å²) in [6.07, 6.45) is 5.93. The Labute approximate surface area is 198 Å². The van der Waals surface area contributed by atoms with E-state index in [9.17, 15) is 4.79 Å². The summed E-state index contributed by atoms with van der Waals surface area (Å²) < 4.78 is 6.05. The molecule has 0 saturated heterocycles. The summed E-state index contributed by atoms with van der Waals surface area (Å²) >= 11 is 0. The number of benzene rings is 1. The average molecular weight is 462 g/mol. The van der Waals surface area contributed by atoms with Crippen molar-refractivity contribution in [2.24, 2.45) is 0 Å². The lowest BCUT2D eigenvalue weighted by Crippen LogP contribution is -2.25. The van der Waals surface area contributed by atoms with Gasteiger partial charge in [-0.2, -0.15) is 0 Å². The van der Waals surface area contributed by atoms with E-state index in [2.05, 4.69) is 15.0 Å². The van der Waals surface area contributed by atoms with Crippen molar-refractivity contribution in [2.45, 2.75) is 13.3 Å². The van der Waals surface area contributed by atoms with Crippen LogP contribution in [0, 0.1) is 0 Å². The third-order valence-electron chi connectivity index (χ3n) is 5.67. The minimum absolute atomic E-state index is 0. The Balaban J connectivity index is 0.00000259. The second-order valence-corrected chi connectivity index (χ2v) is 7.59. The van der Waals surface area contributed by atoms with Crippen molar-refractivity contribution in [2.75, 3.05) is 30.0 Å². The average Bonchev–Trinajstić information content (AvgIpc) is 2.92. The molecular formula is C25H24ClN5O2. The van der Waals surface area contributed by atoms with Crippen LogP contribution in [0.3, 0.4) is 0 Å². The van der Waals surface area contributed by atoms with E-state index in [0.717, 1.165) is 33.7 Å². The first-order valence-electron chi connectivity index (χ1n) is 10.6. The number of aromatic nitrogens is 3. The van der Waals surface area contributed by atoms with Gasteiger partial charge in [-0.15, -0.1) is 12.4 Å². The number of carbonyl (C=O) groups excluding carboxylic acids is 1. The van der Waals surface area contributed by atoms with Gasteiger partial charge in [-0.25, -0.2) is 9.97 Å². The molecule has 0 spiro atoms. The number of fused-ring (bicyclic) bond motifs is 3. The Morgan fingerprint density at radius 1 is 0.970 bits per heavy atom. The highest BCUT2D eigenvalue weighted by Crippen LogP contribution is 2.37. The van der Waals surface area contributed by atoms with Gasteiger partial charge in [-0.3, -0.25) is 9.78 Å². The number of hydrogen-bond donors (Lipinski definition) is 0.